The predicted molar refractivity (Wildman–Crippen MR) is 88.2 cm³/mol. The van der Waals surface area contributed by atoms with Gasteiger partial charge in [0.2, 0.25) is 0 Å². The second-order valence-electron chi connectivity index (χ2n) is 5.23. The highest BCUT2D eigenvalue weighted by Crippen LogP contribution is 2.19. The van der Waals surface area contributed by atoms with Gasteiger partial charge in [0.25, 0.3) is 0 Å². The quantitative estimate of drug-likeness (QED) is 0.854. The maximum atomic E-state index is 9.70. The zero-order valence-electron chi connectivity index (χ0n) is 12.3. The minimum Gasteiger partial charge on any atom is -0.507 e. The molecule has 2 aromatic carbocycles. The lowest BCUT2D eigenvalue weighted by Gasteiger charge is -2.09. The maximum Gasteiger partial charge on any atom is 0.124 e. The molecule has 0 unspecified atom stereocenters. The molecule has 0 aliphatic heterocycles. The van der Waals surface area contributed by atoms with E-state index in [2.05, 4.69) is 48.3 Å². The molecule has 0 heterocycles. The lowest BCUT2D eigenvalue weighted by atomic mass is 10.1. The van der Waals surface area contributed by atoms with Crippen molar-refractivity contribution in [3.8, 4) is 5.75 Å². The first-order valence-electron chi connectivity index (χ1n) is 6.75. The molecule has 3 nitrogen and oxygen atoms in total. The van der Waals surface area contributed by atoms with E-state index in [1.807, 2.05) is 0 Å². The topological polar surface area (TPSA) is 35.8 Å². The number of halogens is 1. The largest absolute Gasteiger partial charge is 0.507 e. The molecule has 4 heteroatoms. The van der Waals surface area contributed by atoms with Crippen molar-refractivity contribution in [2.45, 2.75) is 13.1 Å². The summed E-state index contributed by atoms with van der Waals surface area (Å²) in [5, 5.41) is 10.3. The Hall–Kier alpha value is -1.84. The second kappa shape index (κ2) is 7.25. The fourth-order valence-corrected chi connectivity index (χ4v) is 2.17. The van der Waals surface area contributed by atoms with Crippen LogP contribution in [0.3, 0.4) is 0 Å². The van der Waals surface area contributed by atoms with Crippen LogP contribution >= 0.6 is 11.6 Å². The summed E-state index contributed by atoms with van der Waals surface area (Å²) in [6.45, 7) is 1.51. The van der Waals surface area contributed by atoms with Crippen LogP contribution in [-0.2, 0) is 13.1 Å². The van der Waals surface area contributed by atoms with Gasteiger partial charge in [0.15, 0.2) is 0 Å². The highest BCUT2D eigenvalue weighted by atomic mass is 35.5. The van der Waals surface area contributed by atoms with Gasteiger partial charge >= 0.3 is 0 Å². The zero-order valence-corrected chi connectivity index (χ0v) is 13.0. The molecule has 0 saturated carbocycles. The first-order valence-corrected chi connectivity index (χ1v) is 7.13. The molecule has 0 aliphatic rings. The minimum atomic E-state index is 0.185. The molecule has 0 radical (unpaired) electrons. The van der Waals surface area contributed by atoms with E-state index in [1.54, 1.807) is 24.4 Å². The predicted octanol–water partition coefficient (Wildman–Crippen LogP) is 3.73. The third-order valence-electron chi connectivity index (χ3n) is 3.02. The summed E-state index contributed by atoms with van der Waals surface area (Å²) in [7, 11) is 4.10. The Morgan fingerprint density at radius 1 is 1.10 bits per heavy atom. The number of phenols is 1. The van der Waals surface area contributed by atoms with Crippen LogP contribution in [0.1, 0.15) is 16.7 Å². The van der Waals surface area contributed by atoms with Gasteiger partial charge in [-0.1, -0.05) is 35.9 Å². The first-order chi connectivity index (χ1) is 10.0. The molecule has 2 aromatic rings. The summed E-state index contributed by atoms with van der Waals surface area (Å²) in [5.41, 5.74) is 3.04. The third-order valence-corrected chi connectivity index (χ3v) is 3.25. The standard InChI is InChI=1S/C17H19ClN2O/c1-20(2)12-14-5-3-13(4-6-14)10-19-11-15-9-16(18)7-8-17(15)21/h3-9,11,21H,10,12H2,1-2H3. The lowest BCUT2D eigenvalue weighted by Crippen LogP contribution is -2.10. The van der Waals surface area contributed by atoms with Gasteiger partial charge in [-0.2, -0.15) is 0 Å². The van der Waals surface area contributed by atoms with E-state index in [0.717, 1.165) is 12.1 Å². The summed E-state index contributed by atoms with van der Waals surface area (Å²) in [6.07, 6.45) is 1.65. The van der Waals surface area contributed by atoms with Gasteiger partial charge in [-0.3, -0.25) is 4.99 Å². The Balaban J connectivity index is 1.99. The molecule has 0 aliphatic carbocycles. The average molecular weight is 303 g/mol. The van der Waals surface area contributed by atoms with Crippen molar-refractivity contribution in [1.82, 2.24) is 4.90 Å². The van der Waals surface area contributed by atoms with Crippen LogP contribution in [0.15, 0.2) is 47.5 Å². The fraction of sp³-hybridized carbons (Fsp3) is 0.235. The summed E-state index contributed by atoms with van der Waals surface area (Å²) in [4.78, 5) is 6.48. The molecule has 0 fully saturated rings. The van der Waals surface area contributed by atoms with Crippen molar-refractivity contribution in [1.29, 1.82) is 0 Å². The summed E-state index contributed by atoms with van der Waals surface area (Å²) in [6, 6.07) is 13.3. The van der Waals surface area contributed by atoms with Crippen molar-refractivity contribution in [2.75, 3.05) is 14.1 Å². The van der Waals surface area contributed by atoms with Gasteiger partial charge in [0.1, 0.15) is 5.75 Å². The first kappa shape index (κ1) is 15.5. The zero-order chi connectivity index (χ0) is 15.2. The van der Waals surface area contributed by atoms with Crippen molar-refractivity contribution >= 4 is 17.8 Å². The number of aromatic hydroxyl groups is 1. The Morgan fingerprint density at radius 3 is 2.43 bits per heavy atom. The molecule has 0 bridgehead atoms. The van der Waals surface area contributed by atoms with E-state index in [-0.39, 0.29) is 5.75 Å². The molecular formula is C17H19ClN2O. The van der Waals surface area contributed by atoms with Crippen LogP contribution in [0.25, 0.3) is 0 Å². The number of aliphatic imine (C=N–C) groups is 1. The van der Waals surface area contributed by atoms with Crippen LogP contribution in [0.5, 0.6) is 5.75 Å². The summed E-state index contributed by atoms with van der Waals surface area (Å²) in [5.74, 6) is 0.185. The van der Waals surface area contributed by atoms with Crippen molar-refractivity contribution in [2.24, 2.45) is 4.99 Å². The molecule has 0 spiro atoms. The van der Waals surface area contributed by atoms with E-state index in [1.165, 1.54) is 5.56 Å². The molecule has 21 heavy (non-hydrogen) atoms. The van der Waals surface area contributed by atoms with Gasteiger partial charge in [-0.15, -0.1) is 0 Å². The van der Waals surface area contributed by atoms with Crippen LogP contribution in [-0.4, -0.2) is 30.3 Å². The molecule has 110 valence electrons. The minimum absolute atomic E-state index is 0.185. The van der Waals surface area contributed by atoms with Crippen LogP contribution < -0.4 is 0 Å². The van der Waals surface area contributed by atoms with E-state index >= 15 is 0 Å². The van der Waals surface area contributed by atoms with Gasteiger partial charge < -0.3 is 10.0 Å². The van der Waals surface area contributed by atoms with E-state index in [4.69, 9.17) is 11.6 Å². The Kier molecular flexibility index (Phi) is 5.37. The number of hydrogen-bond acceptors (Lipinski definition) is 3. The number of phenolic OH excluding ortho intramolecular Hbond substituents is 1. The van der Waals surface area contributed by atoms with E-state index < -0.39 is 0 Å². The van der Waals surface area contributed by atoms with Gasteiger partial charge in [0.05, 0.1) is 6.54 Å². The molecule has 0 aromatic heterocycles. The SMILES string of the molecule is CN(C)Cc1ccc(CN=Cc2cc(Cl)ccc2O)cc1. The molecule has 0 atom stereocenters. The number of hydrogen-bond donors (Lipinski definition) is 1. The van der Waals surface area contributed by atoms with Crippen molar-refractivity contribution in [3.05, 3.63) is 64.2 Å². The highest BCUT2D eigenvalue weighted by Gasteiger charge is 1.99. The Morgan fingerprint density at radius 2 is 1.76 bits per heavy atom. The molecule has 0 saturated heterocycles. The third kappa shape index (κ3) is 4.88. The van der Waals surface area contributed by atoms with Gasteiger partial charge in [-0.25, -0.2) is 0 Å². The van der Waals surface area contributed by atoms with Crippen LogP contribution in [0, 0.1) is 0 Å². The number of nitrogens with zero attached hydrogens (tertiary/aromatic N) is 2. The van der Waals surface area contributed by atoms with Gasteiger partial charge in [-0.05, 0) is 43.4 Å². The average Bonchev–Trinajstić information content (AvgIpc) is 2.44. The van der Waals surface area contributed by atoms with E-state index in [9.17, 15) is 5.11 Å². The Bertz CT molecular complexity index is 621. The second-order valence-corrected chi connectivity index (χ2v) is 5.66. The number of rotatable bonds is 5. The smallest absolute Gasteiger partial charge is 0.124 e. The molecule has 2 rings (SSSR count). The van der Waals surface area contributed by atoms with Crippen LogP contribution in [0.4, 0.5) is 0 Å². The molecular weight excluding hydrogens is 284 g/mol. The van der Waals surface area contributed by atoms with Crippen LogP contribution in [0.2, 0.25) is 5.02 Å². The Labute approximate surface area is 130 Å². The lowest BCUT2D eigenvalue weighted by molar-refractivity contribution is 0.402. The normalized spacial score (nSPS) is 11.4. The maximum absolute atomic E-state index is 9.70. The van der Waals surface area contributed by atoms with E-state index in [0.29, 0.717) is 17.1 Å². The summed E-state index contributed by atoms with van der Waals surface area (Å²) < 4.78 is 0. The summed E-state index contributed by atoms with van der Waals surface area (Å²) >= 11 is 5.89. The van der Waals surface area contributed by atoms with Crippen molar-refractivity contribution < 1.29 is 5.11 Å². The fourth-order valence-electron chi connectivity index (χ4n) is 1.99. The highest BCUT2D eigenvalue weighted by molar-refractivity contribution is 6.30. The van der Waals surface area contributed by atoms with Crippen molar-refractivity contribution in [3.63, 3.8) is 0 Å². The van der Waals surface area contributed by atoms with Gasteiger partial charge in [0, 0.05) is 23.3 Å². The molecule has 1 N–H and O–H groups in total. The monoisotopic (exact) mass is 302 g/mol. The number of benzene rings is 2. The molecule has 0 amide bonds.